The maximum absolute atomic E-state index is 12.2. The zero-order valence-corrected chi connectivity index (χ0v) is 17.1. The average molecular weight is 453 g/mol. The van der Waals surface area contributed by atoms with E-state index < -0.39 is 18.5 Å². The molecule has 2 aromatic heterocycles. The van der Waals surface area contributed by atoms with Crippen LogP contribution in [0.3, 0.4) is 0 Å². The summed E-state index contributed by atoms with van der Waals surface area (Å²) in [5, 5.41) is 7.04. The van der Waals surface area contributed by atoms with Gasteiger partial charge in [-0.05, 0) is 30.3 Å². The van der Waals surface area contributed by atoms with Crippen LogP contribution in [0, 0.1) is 0 Å². The lowest BCUT2D eigenvalue weighted by Crippen LogP contribution is -2.22. The molecule has 1 N–H and O–H groups in total. The maximum atomic E-state index is 12.2. The standard InChI is InChI=1S/C18H14Cl2N4O4S/c19-11-1-2-13(24-10-21-9-22-24)12(7-11)23-17(26)8-28-18(27)6-3-14(25)15-4-5-16(20)29-15/h1-2,4-5,7,9-10H,3,6,8H2,(H,23,26). The third-order valence-corrected chi connectivity index (χ3v) is 5.17. The van der Waals surface area contributed by atoms with Gasteiger partial charge in [0.1, 0.15) is 12.7 Å². The molecule has 1 amide bonds. The lowest BCUT2D eigenvalue weighted by Gasteiger charge is -2.11. The highest BCUT2D eigenvalue weighted by Gasteiger charge is 2.15. The number of ketones is 1. The van der Waals surface area contributed by atoms with Gasteiger partial charge in [0.15, 0.2) is 12.4 Å². The monoisotopic (exact) mass is 452 g/mol. The second-order valence-corrected chi connectivity index (χ2v) is 7.89. The fourth-order valence-electron chi connectivity index (χ4n) is 2.35. The fraction of sp³-hybridized carbons (Fsp3) is 0.167. The Bertz CT molecular complexity index is 1040. The lowest BCUT2D eigenvalue weighted by atomic mass is 10.2. The summed E-state index contributed by atoms with van der Waals surface area (Å²) in [5.41, 5.74) is 0.931. The topological polar surface area (TPSA) is 103 Å². The molecule has 3 aromatic rings. The number of nitrogens with zero attached hydrogens (tertiary/aromatic N) is 3. The van der Waals surface area contributed by atoms with Crippen molar-refractivity contribution in [2.75, 3.05) is 11.9 Å². The van der Waals surface area contributed by atoms with Crippen LogP contribution in [0.1, 0.15) is 22.5 Å². The summed E-state index contributed by atoms with van der Waals surface area (Å²) in [7, 11) is 0. The molecule has 8 nitrogen and oxygen atoms in total. The summed E-state index contributed by atoms with van der Waals surface area (Å²) < 4.78 is 6.89. The molecule has 2 heterocycles. The molecule has 0 aliphatic heterocycles. The summed E-state index contributed by atoms with van der Waals surface area (Å²) >= 11 is 12.9. The van der Waals surface area contributed by atoms with Crippen LogP contribution in [-0.2, 0) is 14.3 Å². The molecule has 11 heteroatoms. The number of esters is 1. The molecule has 3 rings (SSSR count). The number of anilines is 1. The third-order valence-electron chi connectivity index (χ3n) is 3.67. The molecule has 0 saturated heterocycles. The van der Waals surface area contributed by atoms with Gasteiger partial charge in [0, 0.05) is 11.4 Å². The first-order valence-electron chi connectivity index (χ1n) is 8.31. The van der Waals surface area contributed by atoms with Crippen LogP contribution in [0.4, 0.5) is 5.69 Å². The molecule has 0 aliphatic rings. The number of Topliss-reactive ketones (excluding diaryl/α,β-unsaturated/α-hetero) is 1. The van der Waals surface area contributed by atoms with E-state index in [-0.39, 0.29) is 18.6 Å². The van der Waals surface area contributed by atoms with Gasteiger partial charge in [-0.3, -0.25) is 14.4 Å². The smallest absolute Gasteiger partial charge is 0.306 e. The van der Waals surface area contributed by atoms with E-state index in [0.717, 1.165) is 11.3 Å². The van der Waals surface area contributed by atoms with Gasteiger partial charge >= 0.3 is 5.97 Å². The average Bonchev–Trinajstić information content (AvgIpc) is 3.36. The Balaban J connectivity index is 1.50. The molecule has 0 unspecified atom stereocenters. The second kappa shape index (κ2) is 9.64. The van der Waals surface area contributed by atoms with Crippen LogP contribution in [0.15, 0.2) is 43.0 Å². The molecule has 0 aliphatic carbocycles. The summed E-state index contributed by atoms with van der Waals surface area (Å²) in [5.74, 6) is -1.42. The fourth-order valence-corrected chi connectivity index (χ4v) is 3.53. The SMILES string of the molecule is O=C(COC(=O)CCC(=O)c1ccc(Cl)s1)Nc1cc(Cl)ccc1-n1cncn1. The zero-order valence-electron chi connectivity index (χ0n) is 14.8. The summed E-state index contributed by atoms with van der Waals surface area (Å²) in [6.45, 7) is -0.499. The molecule has 0 spiro atoms. The highest BCUT2D eigenvalue weighted by molar-refractivity contribution is 7.18. The molecular weight excluding hydrogens is 439 g/mol. The van der Waals surface area contributed by atoms with Crippen molar-refractivity contribution < 1.29 is 19.1 Å². The molecular formula is C18H14Cl2N4O4S. The molecule has 0 atom stereocenters. The van der Waals surface area contributed by atoms with Crippen molar-refractivity contribution in [2.24, 2.45) is 0 Å². The van der Waals surface area contributed by atoms with E-state index in [4.69, 9.17) is 27.9 Å². The number of hydrogen-bond acceptors (Lipinski definition) is 7. The number of rotatable bonds is 8. The van der Waals surface area contributed by atoms with E-state index in [0.29, 0.717) is 25.6 Å². The van der Waals surface area contributed by atoms with Gasteiger partial charge in [0.25, 0.3) is 5.91 Å². The Labute approximate surface area is 179 Å². The molecule has 29 heavy (non-hydrogen) atoms. The number of amides is 1. The van der Waals surface area contributed by atoms with Crippen LogP contribution in [0.25, 0.3) is 5.69 Å². The predicted octanol–water partition coefficient (Wildman–Crippen LogP) is 3.78. The van der Waals surface area contributed by atoms with Crippen molar-refractivity contribution >= 4 is 57.9 Å². The van der Waals surface area contributed by atoms with Crippen molar-refractivity contribution in [2.45, 2.75) is 12.8 Å². The van der Waals surface area contributed by atoms with Crippen molar-refractivity contribution in [3.63, 3.8) is 0 Å². The molecule has 150 valence electrons. The third kappa shape index (κ3) is 5.86. The molecule has 0 fully saturated rings. The molecule has 1 aromatic carbocycles. The summed E-state index contributed by atoms with van der Waals surface area (Å²) in [4.78, 5) is 40.3. The van der Waals surface area contributed by atoms with Crippen molar-refractivity contribution in [3.05, 3.63) is 57.2 Å². The Kier molecular flexibility index (Phi) is 6.97. The number of carbonyl (C=O) groups excluding carboxylic acids is 3. The first kappa shape index (κ1) is 21.0. The Morgan fingerprint density at radius 1 is 1.14 bits per heavy atom. The van der Waals surface area contributed by atoms with Gasteiger partial charge < -0.3 is 10.1 Å². The minimum absolute atomic E-state index is 0.0258. The van der Waals surface area contributed by atoms with Gasteiger partial charge in [0.2, 0.25) is 0 Å². The Morgan fingerprint density at radius 3 is 2.66 bits per heavy atom. The van der Waals surface area contributed by atoms with Crippen molar-refractivity contribution in [3.8, 4) is 5.69 Å². The van der Waals surface area contributed by atoms with Crippen molar-refractivity contribution in [1.82, 2.24) is 14.8 Å². The number of aromatic nitrogens is 3. The van der Waals surface area contributed by atoms with Crippen LogP contribution in [0.5, 0.6) is 0 Å². The molecule has 0 bridgehead atoms. The van der Waals surface area contributed by atoms with Gasteiger partial charge in [-0.2, -0.15) is 5.10 Å². The normalized spacial score (nSPS) is 10.6. The first-order valence-corrected chi connectivity index (χ1v) is 9.88. The van der Waals surface area contributed by atoms with E-state index in [1.807, 2.05) is 0 Å². The van der Waals surface area contributed by atoms with Crippen LogP contribution in [-0.4, -0.2) is 39.0 Å². The number of benzene rings is 1. The van der Waals surface area contributed by atoms with Gasteiger partial charge in [-0.15, -0.1) is 11.3 Å². The maximum Gasteiger partial charge on any atom is 0.306 e. The number of ether oxygens (including phenoxy) is 1. The number of nitrogens with one attached hydrogen (secondary N) is 1. The van der Waals surface area contributed by atoms with E-state index in [1.165, 1.54) is 17.3 Å². The van der Waals surface area contributed by atoms with Crippen LogP contribution < -0.4 is 5.32 Å². The summed E-state index contributed by atoms with van der Waals surface area (Å²) in [6, 6.07) is 8.08. The number of carbonyl (C=O) groups is 3. The van der Waals surface area contributed by atoms with E-state index in [9.17, 15) is 14.4 Å². The first-order chi connectivity index (χ1) is 13.9. The number of thiophene rings is 1. The molecule has 0 radical (unpaired) electrons. The van der Waals surface area contributed by atoms with Crippen LogP contribution in [0.2, 0.25) is 9.36 Å². The predicted molar refractivity (Wildman–Crippen MR) is 109 cm³/mol. The molecule has 0 saturated carbocycles. The van der Waals surface area contributed by atoms with E-state index >= 15 is 0 Å². The van der Waals surface area contributed by atoms with Gasteiger partial charge in [0.05, 0.1) is 27.0 Å². The Morgan fingerprint density at radius 2 is 1.97 bits per heavy atom. The zero-order chi connectivity index (χ0) is 20.8. The lowest BCUT2D eigenvalue weighted by molar-refractivity contribution is -0.147. The van der Waals surface area contributed by atoms with Gasteiger partial charge in [-0.25, -0.2) is 9.67 Å². The quantitative estimate of drug-likeness (QED) is 0.411. The highest BCUT2D eigenvalue weighted by atomic mass is 35.5. The highest BCUT2D eigenvalue weighted by Crippen LogP contribution is 2.24. The Hall–Kier alpha value is -2.75. The van der Waals surface area contributed by atoms with Crippen molar-refractivity contribution in [1.29, 1.82) is 0 Å². The number of hydrogen-bond donors (Lipinski definition) is 1. The van der Waals surface area contributed by atoms with Gasteiger partial charge in [-0.1, -0.05) is 23.2 Å². The summed E-state index contributed by atoms with van der Waals surface area (Å²) in [6.07, 6.45) is 2.66. The van der Waals surface area contributed by atoms with E-state index in [1.54, 1.807) is 30.3 Å². The minimum Gasteiger partial charge on any atom is -0.456 e. The van der Waals surface area contributed by atoms with E-state index in [2.05, 4.69) is 15.4 Å². The van der Waals surface area contributed by atoms with Crippen LogP contribution >= 0.6 is 34.5 Å². The second-order valence-electron chi connectivity index (χ2n) is 5.74. The number of halogens is 2. The largest absolute Gasteiger partial charge is 0.456 e. The minimum atomic E-state index is -0.654.